The Labute approximate surface area is 239 Å². The van der Waals surface area contributed by atoms with Gasteiger partial charge in [0.15, 0.2) is 0 Å². The van der Waals surface area contributed by atoms with Crippen LogP contribution in [-0.4, -0.2) is 25.6 Å². The van der Waals surface area contributed by atoms with Gasteiger partial charge in [-0.25, -0.2) is 0 Å². The van der Waals surface area contributed by atoms with E-state index in [9.17, 15) is 26.3 Å². The van der Waals surface area contributed by atoms with Gasteiger partial charge >= 0.3 is 12.4 Å². The molecule has 2 rings (SSSR count). The van der Waals surface area contributed by atoms with Crippen LogP contribution in [0.25, 0.3) is 11.1 Å². The third-order valence-corrected chi connectivity index (χ3v) is 14.5. The SMILES string of the molecule is CC(C)(C)P(Cc1cc(-c2cc(C(F)(F)F)cc(C(F)(F)F)c2)cc(CP(C(C)(C)C)C(C)(C)C)n1)C(C)(C)C. The Bertz CT molecular complexity index is 1060. The molecule has 0 saturated heterocycles. The molecule has 0 aliphatic carbocycles. The standard InChI is InChI=1S/C31H45F6NP2/c1-26(2,3)39(27(4,5)6)18-24-15-21(16-25(38-24)19-40(28(7,8)9)29(10,11)12)20-13-22(30(32,33)34)17-23(14-20)31(35,36)37/h13-17H,18-19H2,1-12H3. The van der Waals surface area contributed by atoms with Crippen molar-refractivity contribution >= 4 is 15.8 Å². The first kappa shape index (κ1) is 35.0. The van der Waals surface area contributed by atoms with Crippen molar-refractivity contribution in [3.63, 3.8) is 0 Å². The van der Waals surface area contributed by atoms with Crippen molar-refractivity contribution in [2.24, 2.45) is 0 Å². The maximum absolute atomic E-state index is 13.7. The first-order valence-corrected chi connectivity index (χ1v) is 16.5. The summed E-state index contributed by atoms with van der Waals surface area (Å²) in [6, 6.07) is 5.23. The highest BCUT2D eigenvalue weighted by molar-refractivity contribution is 7.60. The van der Waals surface area contributed by atoms with Gasteiger partial charge < -0.3 is 0 Å². The summed E-state index contributed by atoms with van der Waals surface area (Å²) in [6.45, 7) is 26.1. The van der Waals surface area contributed by atoms with Gasteiger partial charge in [0.2, 0.25) is 0 Å². The Morgan fingerprint density at radius 1 is 0.475 bits per heavy atom. The number of alkyl halides is 6. The lowest BCUT2D eigenvalue weighted by molar-refractivity contribution is -0.143. The van der Waals surface area contributed by atoms with Crippen LogP contribution in [0.2, 0.25) is 0 Å². The normalized spacial score (nSPS) is 14.4. The van der Waals surface area contributed by atoms with E-state index in [2.05, 4.69) is 83.1 Å². The van der Waals surface area contributed by atoms with Crippen molar-refractivity contribution in [2.75, 3.05) is 0 Å². The number of hydrogen-bond acceptors (Lipinski definition) is 1. The third-order valence-electron chi connectivity index (χ3n) is 6.73. The van der Waals surface area contributed by atoms with Crippen LogP contribution in [0.5, 0.6) is 0 Å². The molecule has 0 N–H and O–H groups in total. The Kier molecular flexibility index (Phi) is 10.0. The maximum atomic E-state index is 13.7. The quantitative estimate of drug-likeness (QED) is 0.243. The zero-order valence-electron chi connectivity index (χ0n) is 25.9. The zero-order chi connectivity index (χ0) is 31.3. The molecule has 226 valence electrons. The average Bonchev–Trinajstić information content (AvgIpc) is 2.71. The largest absolute Gasteiger partial charge is 0.416 e. The minimum Gasteiger partial charge on any atom is -0.257 e. The van der Waals surface area contributed by atoms with Crippen LogP contribution in [-0.2, 0) is 24.7 Å². The number of pyridine rings is 1. The van der Waals surface area contributed by atoms with Gasteiger partial charge in [0.05, 0.1) is 11.1 Å². The molecule has 0 amide bonds. The van der Waals surface area contributed by atoms with Gasteiger partial charge in [0.25, 0.3) is 0 Å². The number of benzene rings is 1. The first-order chi connectivity index (χ1) is 17.6. The molecule has 9 heteroatoms. The molecule has 1 nitrogen and oxygen atoms in total. The van der Waals surface area contributed by atoms with E-state index in [1.807, 2.05) is 0 Å². The molecule has 0 aliphatic heterocycles. The molecule has 1 aromatic heterocycles. The van der Waals surface area contributed by atoms with Crippen LogP contribution < -0.4 is 0 Å². The molecule has 40 heavy (non-hydrogen) atoms. The highest BCUT2D eigenvalue weighted by Crippen LogP contribution is 2.62. The summed E-state index contributed by atoms with van der Waals surface area (Å²) in [6.07, 6.45) is -8.57. The molecule has 0 radical (unpaired) electrons. The van der Waals surface area contributed by atoms with Crippen molar-refractivity contribution in [1.82, 2.24) is 4.98 Å². The van der Waals surface area contributed by atoms with Gasteiger partial charge in [-0.05, 0) is 62.1 Å². The molecule has 0 fully saturated rings. The Morgan fingerprint density at radius 2 is 0.750 bits per heavy atom. The maximum Gasteiger partial charge on any atom is 0.416 e. The smallest absolute Gasteiger partial charge is 0.257 e. The summed E-state index contributed by atoms with van der Waals surface area (Å²) in [5, 5.41) is -0.133. The summed E-state index contributed by atoms with van der Waals surface area (Å²) in [5.74, 6) is 0. The fourth-order valence-electron chi connectivity index (χ4n) is 5.39. The fraction of sp³-hybridized carbons (Fsp3) is 0.645. The minimum atomic E-state index is -4.91. The van der Waals surface area contributed by atoms with E-state index in [0.717, 1.165) is 12.1 Å². The molecule has 1 heterocycles. The lowest BCUT2D eigenvalue weighted by Crippen LogP contribution is -2.27. The van der Waals surface area contributed by atoms with Crippen molar-refractivity contribution in [3.8, 4) is 11.1 Å². The monoisotopic (exact) mass is 607 g/mol. The number of halogens is 6. The lowest BCUT2D eigenvalue weighted by Gasteiger charge is -2.42. The summed E-state index contributed by atoms with van der Waals surface area (Å²) in [4.78, 5) is 5.02. The molecule has 0 unspecified atom stereocenters. The molecule has 1 aromatic carbocycles. The summed E-state index contributed by atoms with van der Waals surface area (Å²) in [7, 11) is -1.29. The minimum absolute atomic E-state index is 0.0332. The van der Waals surface area contributed by atoms with Gasteiger partial charge in [-0.15, -0.1) is 0 Å². The summed E-state index contributed by atoms with van der Waals surface area (Å²) in [5.41, 5.74) is -0.948. The van der Waals surface area contributed by atoms with Crippen molar-refractivity contribution in [3.05, 3.63) is 52.8 Å². The average molecular weight is 608 g/mol. The molecular weight excluding hydrogens is 562 g/mol. The summed E-state index contributed by atoms with van der Waals surface area (Å²) < 4.78 is 82.2. The zero-order valence-corrected chi connectivity index (χ0v) is 27.7. The number of hydrogen-bond donors (Lipinski definition) is 0. The first-order valence-electron chi connectivity index (χ1n) is 13.5. The Hall–Kier alpha value is -1.19. The van der Waals surface area contributed by atoms with Gasteiger partial charge in [-0.3, -0.25) is 4.98 Å². The van der Waals surface area contributed by atoms with E-state index in [1.165, 1.54) is 0 Å². The summed E-state index contributed by atoms with van der Waals surface area (Å²) >= 11 is 0. The van der Waals surface area contributed by atoms with Gasteiger partial charge in [-0.1, -0.05) is 98.9 Å². The second kappa shape index (κ2) is 11.5. The Morgan fingerprint density at radius 3 is 1.00 bits per heavy atom. The predicted molar refractivity (Wildman–Crippen MR) is 160 cm³/mol. The van der Waals surface area contributed by atoms with E-state index in [4.69, 9.17) is 4.98 Å². The van der Waals surface area contributed by atoms with E-state index in [1.54, 1.807) is 12.1 Å². The highest BCUT2D eigenvalue weighted by Gasteiger charge is 2.39. The number of nitrogens with zero attached hydrogens (tertiary/aromatic N) is 1. The van der Waals surface area contributed by atoms with Crippen molar-refractivity contribution < 1.29 is 26.3 Å². The van der Waals surface area contributed by atoms with Crippen molar-refractivity contribution in [2.45, 2.75) is 128 Å². The molecule has 0 saturated carbocycles. The second-order valence-electron chi connectivity index (χ2n) is 14.5. The molecule has 0 bridgehead atoms. The van der Waals surface area contributed by atoms with Gasteiger partial charge in [0.1, 0.15) is 0 Å². The lowest BCUT2D eigenvalue weighted by atomic mass is 9.98. The fourth-order valence-corrected chi connectivity index (χ4v) is 12.3. The second-order valence-corrected chi connectivity index (χ2v) is 22.2. The van der Waals surface area contributed by atoms with Crippen LogP contribution in [0.15, 0.2) is 30.3 Å². The van der Waals surface area contributed by atoms with Crippen LogP contribution in [0.4, 0.5) is 26.3 Å². The van der Waals surface area contributed by atoms with Crippen molar-refractivity contribution in [1.29, 1.82) is 0 Å². The highest BCUT2D eigenvalue weighted by atomic mass is 31.1. The number of rotatable bonds is 5. The van der Waals surface area contributed by atoms with Crippen LogP contribution in [0.3, 0.4) is 0 Å². The van der Waals surface area contributed by atoms with Crippen LogP contribution in [0, 0.1) is 0 Å². The molecular formula is C31H45F6NP2. The van der Waals surface area contributed by atoms with Crippen LogP contribution in [0.1, 0.15) is 106 Å². The van der Waals surface area contributed by atoms with E-state index in [0.29, 0.717) is 29.3 Å². The van der Waals surface area contributed by atoms with E-state index < -0.39 is 39.3 Å². The van der Waals surface area contributed by atoms with E-state index in [-0.39, 0.29) is 32.3 Å². The van der Waals surface area contributed by atoms with Gasteiger partial charge in [0, 0.05) is 23.7 Å². The van der Waals surface area contributed by atoms with E-state index >= 15 is 0 Å². The predicted octanol–water partition coefficient (Wildman–Crippen LogP) is 11.9. The van der Waals surface area contributed by atoms with Gasteiger partial charge in [-0.2, -0.15) is 26.3 Å². The molecule has 0 aliphatic rings. The molecule has 0 spiro atoms. The molecule has 2 aromatic rings. The van der Waals surface area contributed by atoms with Crippen LogP contribution >= 0.6 is 15.8 Å². The Balaban J connectivity index is 2.85. The third kappa shape index (κ3) is 9.41. The topological polar surface area (TPSA) is 12.9 Å². The molecule has 0 atom stereocenters. The number of aromatic nitrogens is 1.